The zero-order valence-electron chi connectivity index (χ0n) is 9.47. The number of aromatic nitrogens is 1. The second-order valence-electron chi connectivity index (χ2n) is 4.16. The predicted molar refractivity (Wildman–Crippen MR) is 67.4 cm³/mol. The zero-order chi connectivity index (χ0) is 11.5. The first kappa shape index (κ1) is 10.1. The lowest BCUT2D eigenvalue weighted by atomic mass is 10.0. The van der Waals surface area contributed by atoms with Gasteiger partial charge in [0.15, 0.2) is 0 Å². The molecule has 0 saturated carbocycles. The van der Waals surface area contributed by atoms with E-state index in [1.165, 1.54) is 11.3 Å². The Morgan fingerprint density at radius 3 is 3.06 bits per heavy atom. The molecule has 17 heavy (non-hydrogen) atoms. The van der Waals surface area contributed by atoms with Crippen molar-refractivity contribution in [1.29, 1.82) is 0 Å². The van der Waals surface area contributed by atoms with Crippen molar-refractivity contribution in [2.24, 2.45) is 0 Å². The van der Waals surface area contributed by atoms with Crippen LogP contribution in [0.5, 0.6) is 5.75 Å². The highest BCUT2D eigenvalue weighted by Gasteiger charge is 2.21. The molecule has 1 aromatic carbocycles. The Labute approximate surface area is 100 Å². The first-order valence-electron chi connectivity index (χ1n) is 5.79. The third-order valence-electron chi connectivity index (χ3n) is 3.03. The van der Waals surface area contributed by atoms with E-state index in [1.807, 2.05) is 12.1 Å². The number of rotatable bonds is 3. The number of hydrogen-bond acceptors (Lipinski definition) is 3. The van der Waals surface area contributed by atoms with Gasteiger partial charge in [0.05, 0.1) is 12.8 Å². The van der Waals surface area contributed by atoms with E-state index in [0.717, 1.165) is 12.3 Å². The molecule has 3 heteroatoms. The fourth-order valence-corrected chi connectivity index (χ4v) is 2.14. The molecule has 86 valence electrons. The maximum absolute atomic E-state index is 5.74. The van der Waals surface area contributed by atoms with Gasteiger partial charge in [0.2, 0.25) is 0 Å². The zero-order valence-corrected chi connectivity index (χ0v) is 9.47. The van der Waals surface area contributed by atoms with Gasteiger partial charge >= 0.3 is 0 Å². The van der Waals surface area contributed by atoms with Crippen LogP contribution in [0.2, 0.25) is 0 Å². The number of benzene rings is 1. The van der Waals surface area contributed by atoms with Crippen LogP contribution in [-0.2, 0) is 0 Å². The van der Waals surface area contributed by atoms with Crippen LogP contribution in [0.3, 0.4) is 0 Å². The molecule has 0 spiro atoms. The van der Waals surface area contributed by atoms with E-state index in [4.69, 9.17) is 4.74 Å². The summed E-state index contributed by atoms with van der Waals surface area (Å²) in [5, 5.41) is 3.39. The number of para-hydroxylation sites is 1. The van der Waals surface area contributed by atoms with Crippen LogP contribution in [0.4, 0.5) is 5.69 Å². The number of ether oxygens (including phenoxy) is 1. The fraction of sp³-hybridized carbons (Fsp3) is 0.214. The summed E-state index contributed by atoms with van der Waals surface area (Å²) in [7, 11) is 0. The molecule has 0 aliphatic carbocycles. The highest BCUT2D eigenvalue weighted by Crippen LogP contribution is 2.31. The first-order valence-corrected chi connectivity index (χ1v) is 5.79. The van der Waals surface area contributed by atoms with Gasteiger partial charge in [-0.3, -0.25) is 4.98 Å². The van der Waals surface area contributed by atoms with Crippen LogP contribution in [-0.4, -0.2) is 18.1 Å². The van der Waals surface area contributed by atoms with Crippen molar-refractivity contribution in [3.63, 3.8) is 0 Å². The highest BCUT2D eigenvalue weighted by atomic mass is 16.5. The SMILES string of the molecule is c1cncc(OCC2CNc3ccccc32)c1. The number of nitrogens with one attached hydrogen (secondary N) is 1. The minimum Gasteiger partial charge on any atom is -0.491 e. The number of hydrogen-bond donors (Lipinski definition) is 1. The van der Waals surface area contributed by atoms with Crippen LogP contribution >= 0.6 is 0 Å². The number of anilines is 1. The summed E-state index contributed by atoms with van der Waals surface area (Å²) in [5.74, 6) is 1.25. The van der Waals surface area contributed by atoms with Crippen molar-refractivity contribution >= 4 is 5.69 Å². The second-order valence-corrected chi connectivity index (χ2v) is 4.16. The van der Waals surface area contributed by atoms with Crippen LogP contribution in [0.25, 0.3) is 0 Å². The molecule has 0 fully saturated rings. The van der Waals surface area contributed by atoms with Crippen LogP contribution in [0.15, 0.2) is 48.8 Å². The van der Waals surface area contributed by atoms with E-state index in [-0.39, 0.29) is 0 Å². The van der Waals surface area contributed by atoms with E-state index in [0.29, 0.717) is 12.5 Å². The summed E-state index contributed by atoms with van der Waals surface area (Å²) >= 11 is 0. The van der Waals surface area contributed by atoms with E-state index in [9.17, 15) is 0 Å². The molecule has 1 N–H and O–H groups in total. The van der Waals surface area contributed by atoms with Crippen molar-refractivity contribution in [2.75, 3.05) is 18.5 Å². The molecule has 0 radical (unpaired) electrons. The molecule has 3 rings (SSSR count). The van der Waals surface area contributed by atoms with Crippen LogP contribution in [0, 0.1) is 0 Å². The third-order valence-corrected chi connectivity index (χ3v) is 3.03. The number of fused-ring (bicyclic) bond motifs is 1. The van der Waals surface area contributed by atoms with Gasteiger partial charge in [-0.15, -0.1) is 0 Å². The average molecular weight is 226 g/mol. The van der Waals surface area contributed by atoms with E-state index >= 15 is 0 Å². The summed E-state index contributed by atoms with van der Waals surface area (Å²) in [5.41, 5.74) is 2.57. The maximum atomic E-state index is 5.74. The summed E-state index contributed by atoms with van der Waals surface area (Å²) < 4.78 is 5.74. The van der Waals surface area contributed by atoms with Crippen molar-refractivity contribution in [2.45, 2.75) is 5.92 Å². The molecule has 2 heterocycles. The Morgan fingerprint density at radius 2 is 2.18 bits per heavy atom. The fourth-order valence-electron chi connectivity index (χ4n) is 2.14. The molecule has 0 saturated heterocycles. The van der Waals surface area contributed by atoms with Gasteiger partial charge in [0.1, 0.15) is 5.75 Å². The normalized spacial score (nSPS) is 17.3. The minimum atomic E-state index is 0.423. The molecule has 3 nitrogen and oxygen atoms in total. The van der Waals surface area contributed by atoms with Gasteiger partial charge in [-0.1, -0.05) is 18.2 Å². The molecule has 0 amide bonds. The van der Waals surface area contributed by atoms with Crippen LogP contribution in [0.1, 0.15) is 11.5 Å². The molecule has 0 bridgehead atoms. The Kier molecular flexibility index (Phi) is 2.66. The largest absolute Gasteiger partial charge is 0.491 e. The molecule has 1 aliphatic rings. The van der Waals surface area contributed by atoms with Gasteiger partial charge in [-0.05, 0) is 23.8 Å². The van der Waals surface area contributed by atoms with E-state index < -0.39 is 0 Å². The molecule has 1 aliphatic heterocycles. The topological polar surface area (TPSA) is 34.1 Å². The Balaban J connectivity index is 1.68. The molecule has 1 atom stereocenters. The van der Waals surface area contributed by atoms with Crippen molar-refractivity contribution < 1.29 is 4.74 Å². The minimum absolute atomic E-state index is 0.423. The highest BCUT2D eigenvalue weighted by molar-refractivity contribution is 5.57. The molecule has 2 aromatic rings. The smallest absolute Gasteiger partial charge is 0.137 e. The van der Waals surface area contributed by atoms with Crippen molar-refractivity contribution in [3.05, 3.63) is 54.4 Å². The van der Waals surface area contributed by atoms with E-state index in [2.05, 4.69) is 34.6 Å². The average Bonchev–Trinajstić information content (AvgIpc) is 2.81. The Hall–Kier alpha value is -2.03. The van der Waals surface area contributed by atoms with Gasteiger partial charge in [0.25, 0.3) is 0 Å². The van der Waals surface area contributed by atoms with Gasteiger partial charge in [0, 0.05) is 24.3 Å². The lowest BCUT2D eigenvalue weighted by Gasteiger charge is -2.11. The van der Waals surface area contributed by atoms with Gasteiger partial charge < -0.3 is 10.1 Å². The lowest BCUT2D eigenvalue weighted by molar-refractivity contribution is 0.295. The second kappa shape index (κ2) is 4.45. The number of nitrogens with zero attached hydrogens (tertiary/aromatic N) is 1. The number of pyridine rings is 1. The van der Waals surface area contributed by atoms with Gasteiger partial charge in [-0.25, -0.2) is 0 Å². The monoisotopic (exact) mass is 226 g/mol. The standard InChI is InChI=1S/C14H14N2O/c1-2-6-14-13(5-1)11(8-16-14)10-17-12-4-3-7-15-9-12/h1-7,9,11,16H,8,10H2. The van der Waals surface area contributed by atoms with Gasteiger partial charge in [-0.2, -0.15) is 0 Å². The van der Waals surface area contributed by atoms with Crippen molar-refractivity contribution in [3.8, 4) is 5.75 Å². The molecular formula is C14H14N2O. The predicted octanol–water partition coefficient (Wildman–Crippen LogP) is 2.67. The summed E-state index contributed by atoms with van der Waals surface area (Å²) in [6, 6.07) is 12.2. The summed E-state index contributed by atoms with van der Waals surface area (Å²) in [6.07, 6.45) is 3.49. The van der Waals surface area contributed by atoms with E-state index in [1.54, 1.807) is 12.4 Å². The van der Waals surface area contributed by atoms with Crippen LogP contribution < -0.4 is 10.1 Å². The first-order chi connectivity index (χ1) is 8.43. The Bertz CT molecular complexity index is 499. The lowest BCUT2D eigenvalue weighted by Crippen LogP contribution is -2.12. The summed E-state index contributed by atoms with van der Waals surface area (Å²) in [6.45, 7) is 1.63. The van der Waals surface area contributed by atoms with Crippen molar-refractivity contribution in [1.82, 2.24) is 4.98 Å². The third kappa shape index (κ3) is 2.09. The molecule has 1 unspecified atom stereocenters. The molecule has 1 aromatic heterocycles. The summed E-state index contributed by atoms with van der Waals surface area (Å²) in [4.78, 5) is 4.03. The molecular weight excluding hydrogens is 212 g/mol. The quantitative estimate of drug-likeness (QED) is 0.873. The Morgan fingerprint density at radius 1 is 1.24 bits per heavy atom. The maximum Gasteiger partial charge on any atom is 0.137 e.